The Hall–Kier alpha value is -0.610. The summed E-state index contributed by atoms with van der Waals surface area (Å²) in [6.45, 7) is 10.2. The molecule has 110 valence electrons. The molecular formula is C15H29N3O. The Morgan fingerprint density at radius 1 is 1.16 bits per heavy atom. The van der Waals surface area contributed by atoms with Gasteiger partial charge in [-0.2, -0.15) is 0 Å². The SMILES string of the molecule is CC1CCCN(C(C)(C)C(=O)N2CCC(N)CC2)C1. The van der Waals surface area contributed by atoms with Crippen LogP contribution in [0.2, 0.25) is 0 Å². The Balaban J connectivity index is 1.99. The zero-order valence-electron chi connectivity index (χ0n) is 12.7. The molecule has 2 fully saturated rings. The van der Waals surface area contributed by atoms with Gasteiger partial charge >= 0.3 is 0 Å². The highest BCUT2D eigenvalue weighted by Gasteiger charge is 2.39. The lowest BCUT2D eigenvalue weighted by Crippen LogP contribution is -2.59. The lowest BCUT2D eigenvalue weighted by Gasteiger charge is -2.45. The van der Waals surface area contributed by atoms with Gasteiger partial charge in [-0.1, -0.05) is 6.92 Å². The van der Waals surface area contributed by atoms with Gasteiger partial charge in [0, 0.05) is 25.7 Å². The molecule has 0 aliphatic carbocycles. The van der Waals surface area contributed by atoms with Gasteiger partial charge in [-0.05, 0) is 52.0 Å². The summed E-state index contributed by atoms with van der Waals surface area (Å²) in [6, 6.07) is 0.280. The molecule has 2 aliphatic heterocycles. The minimum Gasteiger partial charge on any atom is -0.341 e. The van der Waals surface area contributed by atoms with E-state index in [2.05, 4.69) is 25.7 Å². The van der Waals surface area contributed by atoms with Crippen LogP contribution >= 0.6 is 0 Å². The smallest absolute Gasteiger partial charge is 0.242 e. The van der Waals surface area contributed by atoms with E-state index in [0.717, 1.165) is 39.0 Å². The molecule has 4 nitrogen and oxygen atoms in total. The number of likely N-dealkylation sites (tertiary alicyclic amines) is 2. The summed E-state index contributed by atoms with van der Waals surface area (Å²) in [7, 11) is 0. The molecule has 0 saturated carbocycles. The summed E-state index contributed by atoms with van der Waals surface area (Å²) >= 11 is 0. The number of hydrogen-bond donors (Lipinski definition) is 1. The quantitative estimate of drug-likeness (QED) is 0.824. The van der Waals surface area contributed by atoms with Gasteiger partial charge in [0.05, 0.1) is 5.54 Å². The van der Waals surface area contributed by atoms with E-state index in [1.165, 1.54) is 12.8 Å². The van der Waals surface area contributed by atoms with Crippen molar-refractivity contribution in [3.05, 3.63) is 0 Å². The van der Waals surface area contributed by atoms with Crippen molar-refractivity contribution in [2.75, 3.05) is 26.2 Å². The summed E-state index contributed by atoms with van der Waals surface area (Å²) in [4.78, 5) is 17.2. The first-order chi connectivity index (χ1) is 8.91. The fourth-order valence-electron chi connectivity index (χ4n) is 3.32. The molecule has 0 spiro atoms. The van der Waals surface area contributed by atoms with Crippen molar-refractivity contribution in [2.45, 2.75) is 58.0 Å². The minimum absolute atomic E-state index is 0.280. The van der Waals surface area contributed by atoms with Crippen LogP contribution in [-0.2, 0) is 4.79 Å². The van der Waals surface area contributed by atoms with Crippen LogP contribution in [0.1, 0.15) is 46.5 Å². The lowest BCUT2D eigenvalue weighted by molar-refractivity contribution is -0.145. The summed E-state index contributed by atoms with van der Waals surface area (Å²) < 4.78 is 0. The van der Waals surface area contributed by atoms with Crippen molar-refractivity contribution in [1.82, 2.24) is 9.80 Å². The molecule has 1 unspecified atom stereocenters. The zero-order chi connectivity index (χ0) is 14.0. The Kier molecular flexibility index (Phi) is 4.51. The second-order valence-electron chi connectivity index (χ2n) is 6.88. The van der Waals surface area contributed by atoms with Gasteiger partial charge in [-0.25, -0.2) is 0 Å². The third-order valence-electron chi connectivity index (χ3n) is 4.80. The first-order valence-corrected chi connectivity index (χ1v) is 7.71. The van der Waals surface area contributed by atoms with E-state index in [1.54, 1.807) is 0 Å². The van der Waals surface area contributed by atoms with Gasteiger partial charge in [0.2, 0.25) is 5.91 Å². The molecular weight excluding hydrogens is 238 g/mol. The van der Waals surface area contributed by atoms with Crippen molar-refractivity contribution in [2.24, 2.45) is 11.7 Å². The van der Waals surface area contributed by atoms with Crippen LogP contribution in [0.3, 0.4) is 0 Å². The highest BCUT2D eigenvalue weighted by Crippen LogP contribution is 2.26. The molecule has 4 heteroatoms. The monoisotopic (exact) mass is 267 g/mol. The number of nitrogens with two attached hydrogens (primary N) is 1. The van der Waals surface area contributed by atoms with E-state index < -0.39 is 0 Å². The molecule has 1 atom stereocenters. The standard InChI is InChI=1S/C15H29N3O/c1-12-5-4-8-18(11-12)15(2,3)14(19)17-9-6-13(16)7-10-17/h12-13H,4-11,16H2,1-3H3. The zero-order valence-corrected chi connectivity index (χ0v) is 12.7. The number of nitrogens with zero attached hydrogens (tertiary/aromatic N) is 2. The number of piperidine rings is 2. The average Bonchev–Trinajstić information content (AvgIpc) is 2.39. The van der Waals surface area contributed by atoms with Gasteiger partial charge in [-0.3, -0.25) is 9.69 Å². The highest BCUT2D eigenvalue weighted by molar-refractivity contribution is 5.85. The molecule has 2 N–H and O–H groups in total. The topological polar surface area (TPSA) is 49.6 Å². The van der Waals surface area contributed by atoms with E-state index in [1.807, 2.05) is 4.90 Å². The van der Waals surface area contributed by atoms with Crippen molar-refractivity contribution in [3.8, 4) is 0 Å². The van der Waals surface area contributed by atoms with Crippen LogP contribution in [0, 0.1) is 5.92 Å². The fraction of sp³-hybridized carbons (Fsp3) is 0.933. The number of carbonyl (C=O) groups is 1. The van der Waals surface area contributed by atoms with Crippen molar-refractivity contribution in [3.63, 3.8) is 0 Å². The van der Waals surface area contributed by atoms with E-state index >= 15 is 0 Å². The van der Waals surface area contributed by atoms with Crippen molar-refractivity contribution < 1.29 is 4.79 Å². The van der Waals surface area contributed by atoms with E-state index in [-0.39, 0.29) is 17.5 Å². The first kappa shape index (κ1) is 14.8. The van der Waals surface area contributed by atoms with Gasteiger partial charge in [0.1, 0.15) is 0 Å². The predicted octanol–water partition coefficient (Wildman–Crippen LogP) is 1.45. The van der Waals surface area contributed by atoms with E-state index in [4.69, 9.17) is 5.73 Å². The highest BCUT2D eigenvalue weighted by atomic mass is 16.2. The average molecular weight is 267 g/mol. The van der Waals surface area contributed by atoms with Crippen molar-refractivity contribution in [1.29, 1.82) is 0 Å². The van der Waals surface area contributed by atoms with Crippen LogP contribution in [-0.4, -0.2) is 53.5 Å². The Morgan fingerprint density at radius 2 is 1.79 bits per heavy atom. The Labute approximate surface area is 117 Å². The van der Waals surface area contributed by atoms with Crippen LogP contribution in [0.4, 0.5) is 0 Å². The normalized spacial score (nSPS) is 27.6. The van der Waals surface area contributed by atoms with E-state index in [9.17, 15) is 4.79 Å². The van der Waals surface area contributed by atoms with Crippen molar-refractivity contribution >= 4 is 5.91 Å². The summed E-state index contributed by atoms with van der Waals surface area (Å²) in [5.74, 6) is 0.990. The first-order valence-electron chi connectivity index (χ1n) is 7.71. The maximum absolute atomic E-state index is 12.8. The molecule has 2 heterocycles. The second kappa shape index (κ2) is 5.80. The number of hydrogen-bond acceptors (Lipinski definition) is 3. The lowest BCUT2D eigenvalue weighted by atomic mass is 9.92. The number of amides is 1. The van der Waals surface area contributed by atoms with Crippen LogP contribution in [0.15, 0.2) is 0 Å². The largest absolute Gasteiger partial charge is 0.341 e. The summed E-state index contributed by atoms with van der Waals surface area (Å²) in [6.07, 6.45) is 4.39. The molecule has 2 rings (SSSR count). The second-order valence-corrected chi connectivity index (χ2v) is 6.88. The minimum atomic E-state index is -0.365. The van der Waals surface area contributed by atoms with Gasteiger partial charge in [-0.15, -0.1) is 0 Å². The van der Waals surface area contributed by atoms with Crippen LogP contribution < -0.4 is 5.73 Å². The molecule has 0 bridgehead atoms. The molecule has 0 radical (unpaired) electrons. The maximum atomic E-state index is 12.8. The summed E-state index contributed by atoms with van der Waals surface area (Å²) in [5.41, 5.74) is 5.55. The Bertz CT molecular complexity index is 321. The predicted molar refractivity (Wildman–Crippen MR) is 77.8 cm³/mol. The molecule has 0 aromatic heterocycles. The molecule has 2 aliphatic rings. The molecule has 0 aromatic rings. The fourth-order valence-corrected chi connectivity index (χ4v) is 3.32. The van der Waals surface area contributed by atoms with Gasteiger partial charge in [0.15, 0.2) is 0 Å². The van der Waals surface area contributed by atoms with Gasteiger partial charge in [0.25, 0.3) is 0 Å². The maximum Gasteiger partial charge on any atom is 0.242 e. The third-order valence-corrected chi connectivity index (χ3v) is 4.80. The van der Waals surface area contributed by atoms with Gasteiger partial charge < -0.3 is 10.6 Å². The van der Waals surface area contributed by atoms with Crippen LogP contribution in [0.5, 0.6) is 0 Å². The number of rotatable bonds is 2. The molecule has 2 saturated heterocycles. The Morgan fingerprint density at radius 3 is 2.37 bits per heavy atom. The summed E-state index contributed by atoms with van der Waals surface area (Å²) in [5, 5.41) is 0. The molecule has 19 heavy (non-hydrogen) atoms. The van der Waals surface area contributed by atoms with E-state index in [0.29, 0.717) is 5.92 Å². The molecule has 0 aromatic carbocycles. The third kappa shape index (κ3) is 3.29. The molecule has 1 amide bonds. The number of carbonyl (C=O) groups excluding carboxylic acids is 1. The van der Waals surface area contributed by atoms with Crippen LogP contribution in [0.25, 0.3) is 0 Å².